The van der Waals surface area contributed by atoms with E-state index in [4.69, 9.17) is 9.05 Å². The van der Waals surface area contributed by atoms with Crippen LogP contribution in [0.5, 0.6) is 0 Å². The Kier molecular flexibility index (Phi) is 8.76. The predicted molar refractivity (Wildman–Crippen MR) is 136 cm³/mol. The molecule has 194 valence electrons. The lowest BCUT2D eigenvalue weighted by molar-refractivity contribution is -0.132. The van der Waals surface area contributed by atoms with Crippen molar-refractivity contribution < 1.29 is 18.6 Å². The minimum absolute atomic E-state index is 0. The van der Waals surface area contributed by atoms with Crippen molar-refractivity contribution >= 4 is 35.6 Å². The minimum atomic E-state index is -0.120. The number of piperidine rings is 1. The van der Waals surface area contributed by atoms with Gasteiger partial charge in [-0.15, -0.1) is 23.7 Å². The summed E-state index contributed by atoms with van der Waals surface area (Å²) in [6.07, 6.45) is 3.01. The molecule has 2 aliphatic rings. The van der Waals surface area contributed by atoms with E-state index < -0.39 is 0 Å². The van der Waals surface area contributed by atoms with Gasteiger partial charge in [-0.05, 0) is 30.2 Å². The normalized spacial score (nSPS) is 17.2. The summed E-state index contributed by atoms with van der Waals surface area (Å²) >= 11 is 1.55. The molecule has 5 rings (SSSR count). The number of thiophene rings is 1. The van der Waals surface area contributed by atoms with Crippen molar-refractivity contribution in [2.24, 2.45) is 5.92 Å². The number of rotatable bonds is 7. The Bertz CT molecular complexity index is 1130. The van der Waals surface area contributed by atoms with Crippen molar-refractivity contribution in [3.63, 3.8) is 0 Å². The molecule has 10 nitrogen and oxygen atoms in total. The van der Waals surface area contributed by atoms with Gasteiger partial charge in [0.2, 0.25) is 11.8 Å². The molecule has 12 heteroatoms. The van der Waals surface area contributed by atoms with Gasteiger partial charge in [0.05, 0.1) is 11.4 Å². The van der Waals surface area contributed by atoms with Crippen LogP contribution >= 0.6 is 23.7 Å². The van der Waals surface area contributed by atoms with E-state index in [1.807, 2.05) is 22.4 Å². The molecule has 5 heterocycles. The van der Waals surface area contributed by atoms with Crippen LogP contribution in [0.4, 0.5) is 0 Å². The molecule has 2 fully saturated rings. The van der Waals surface area contributed by atoms with Gasteiger partial charge in [-0.1, -0.05) is 23.3 Å². The number of carbonyl (C=O) groups excluding carboxylic acids is 2. The van der Waals surface area contributed by atoms with Crippen LogP contribution in [0.2, 0.25) is 0 Å². The molecule has 0 saturated carbocycles. The molecule has 3 aromatic heterocycles. The van der Waals surface area contributed by atoms with E-state index in [1.165, 1.54) is 0 Å². The standard InChI is InChI=1S/C24H30N6O4S.ClH/c1-17-6-8-29(9-7-17)23(31)5-4-22-25-21(27-34-22)16-28-10-12-30(13-11-28)24(32)18-15-19(33-26-18)20-3-2-14-35-20;/h2-3,14-15,17H,4-13,16H2,1H3;1H. The SMILES string of the molecule is CC1CCN(C(=O)CCc2nc(CN3CCN(C(=O)c4cc(-c5cccs5)on4)CC3)no2)CC1.Cl. The van der Waals surface area contributed by atoms with Crippen LogP contribution in [0.3, 0.4) is 0 Å². The van der Waals surface area contributed by atoms with E-state index in [1.54, 1.807) is 22.3 Å². The lowest BCUT2D eigenvalue weighted by Crippen LogP contribution is -2.48. The van der Waals surface area contributed by atoms with E-state index in [0.29, 0.717) is 74.7 Å². The maximum absolute atomic E-state index is 12.8. The first-order valence-electron chi connectivity index (χ1n) is 12.2. The fourth-order valence-corrected chi connectivity index (χ4v) is 5.14. The molecule has 0 unspecified atom stereocenters. The number of amides is 2. The van der Waals surface area contributed by atoms with Gasteiger partial charge in [-0.3, -0.25) is 14.5 Å². The Morgan fingerprint density at radius 1 is 1.06 bits per heavy atom. The van der Waals surface area contributed by atoms with Crippen LogP contribution in [0.15, 0.2) is 32.6 Å². The summed E-state index contributed by atoms with van der Waals surface area (Å²) in [6, 6.07) is 5.58. The Morgan fingerprint density at radius 3 is 2.56 bits per heavy atom. The molecule has 0 radical (unpaired) electrons. The first-order valence-corrected chi connectivity index (χ1v) is 13.0. The topological polar surface area (TPSA) is 109 Å². The van der Waals surface area contributed by atoms with Crippen molar-refractivity contribution in [2.75, 3.05) is 39.3 Å². The van der Waals surface area contributed by atoms with Gasteiger partial charge in [-0.25, -0.2) is 0 Å². The molecular formula is C24H31ClN6O4S. The highest BCUT2D eigenvalue weighted by atomic mass is 35.5. The zero-order valence-corrected chi connectivity index (χ0v) is 21.9. The number of likely N-dealkylation sites (tertiary alicyclic amines) is 1. The summed E-state index contributed by atoms with van der Waals surface area (Å²) in [7, 11) is 0. The maximum atomic E-state index is 12.8. The molecule has 0 N–H and O–H groups in total. The number of aryl methyl sites for hydroxylation is 1. The van der Waals surface area contributed by atoms with Crippen molar-refractivity contribution in [1.29, 1.82) is 0 Å². The Hall–Kier alpha value is -2.76. The lowest BCUT2D eigenvalue weighted by atomic mass is 9.99. The molecule has 0 atom stereocenters. The number of halogens is 1. The number of hydrogen-bond donors (Lipinski definition) is 0. The van der Waals surface area contributed by atoms with Crippen molar-refractivity contribution in [3.8, 4) is 10.6 Å². The number of aromatic nitrogens is 3. The fraction of sp³-hybridized carbons (Fsp3) is 0.542. The Balaban J connectivity index is 0.00000304. The zero-order valence-electron chi connectivity index (χ0n) is 20.3. The van der Waals surface area contributed by atoms with E-state index in [2.05, 4.69) is 27.1 Å². The highest BCUT2D eigenvalue weighted by Gasteiger charge is 2.26. The Morgan fingerprint density at radius 2 is 1.83 bits per heavy atom. The summed E-state index contributed by atoms with van der Waals surface area (Å²) in [5.41, 5.74) is 0.332. The smallest absolute Gasteiger partial charge is 0.276 e. The monoisotopic (exact) mass is 534 g/mol. The predicted octanol–water partition coefficient (Wildman–Crippen LogP) is 3.36. The maximum Gasteiger partial charge on any atom is 0.276 e. The second-order valence-corrected chi connectivity index (χ2v) is 10.2. The van der Waals surface area contributed by atoms with Gasteiger partial charge in [0.15, 0.2) is 17.3 Å². The van der Waals surface area contributed by atoms with Gasteiger partial charge in [0, 0.05) is 58.2 Å². The first-order chi connectivity index (χ1) is 17.0. The molecule has 0 aliphatic carbocycles. The summed E-state index contributed by atoms with van der Waals surface area (Å²) in [5.74, 6) is 2.46. The third-order valence-corrected chi connectivity index (χ3v) is 7.60. The quantitative estimate of drug-likeness (QED) is 0.454. The third-order valence-electron chi connectivity index (χ3n) is 6.72. The van der Waals surface area contributed by atoms with Crippen LogP contribution in [0.1, 0.15) is 48.4 Å². The van der Waals surface area contributed by atoms with Crippen LogP contribution in [-0.2, 0) is 17.8 Å². The van der Waals surface area contributed by atoms with Crippen LogP contribution in [0.25, 0.3) is 10.6 Å². The second kappa shape index (κ2) is 12.0. The van der Waals surface area contributed by atoms with Gasteiger partial charge in [0.1, 0.15) is 0 Å². The van der Waals surface area contributed by atoms with Gasteiger partial charge in [-0.2, -0.15) is 4.98 Å². The summed E-state index contributed by atoms with van der Waals surface area (Å²) in [6.45, 7) is 7.07. The zero-order chi connectivity index (χ0) is 24.2. The van der Waals surface area contributed by atoms with Crippen LogP contribution < -0.4 is 0 Å². The molecule has 2 saturated heterocycles. The molecule has 2 amide bonds. The second-order valence-electron chi connectivity index (χ2n) is 9.29. The summed E-state index contributed by atoms with van der Waals surface area (Å²) in [4.78, 5) is 36.6. The summed E-state index contributed by atoms with van der Waals surface area (Å²) in [5, 5.41) is 10.0. The first kappa shape index (κ1) is 26.3. The average molecular weight is 535 g/mol. The van der Waals surface area contributed by atoms with E-state index in [9.17, 15) is 9.59 Å². The lowest BCUT2D eigenvalue weighted by Gasteiger charge is -2.33. The number of nitrogens with zero attached hydrogens (tertiary/aromatic N) is 6. The van der Waals surface area contributed by atoms with Gasteiger partial charge >= 0.3 is 0 Å². The number of carbonyl (C=O) groups is 2. The molecule has 0 spiro atoms. The van der Waals surface area contributed by atoms with E-state index >= 15 is 0 Å². The highest BCUT2D eigenvalue weighted by Crippen LogP contribution is 2.25. The Labute approximate surface area is 220 Å². The largest absolute Gasteiger partial charge is 0.355 e. The summed E-state index contributed by atoms with van der Waals surface area (Å²) < 4.78 is 10.7. The molecule has 3 aromatic rings. The van der Waals surface area contributed by atoms with Crippen LogP contribution in [-0.4, -0.2) is 81.1 Å². The van der Waals surface area contributed by atoms with Crippen LogP contribution in [0, 0.1) is 5.92 Å². The van der Waals surface area contributed by atoms with E-state index in [0.717, 1.165) is 30.8 Å². The van der Waals surface area contributed by atoms with Crippen molar-refractivity contribution in [3.05, 3.63) is 41.0 Å². The molecule has 0 bridgehead atoms. The number of piperazine rings is 1. The minimum Gasteiger partial charge on any atom is -0.355 e. The molecule has 2 aliphatic heterocycles. The van der Waals surface area contributed by atoms with Crippen molar-refractivity contribution in [2.45, 2.75) is 39.2 Å². The fourth-order valence-electron chi connectivity index (χ4n) is 4.47. The molecule has 0 aromatic carbocycles. The van der Waals surface area contributed by atoms with E-state index in [-0.39, 0.29) is 24.2 Å². The third kappa shape index (κ3) is 6.32. The van der Waals surface area contributed by atoms with Gasteiger partial charge in [0.25, 0.3) is 5.91 Å². The average Bonchev–Trinajstić information content (AvgIpc) is 3.65. The number of hydrogen-bond acceptors (Lipinski definition) is 9. The van der Waals surface area contributed by atoms with Crippen molar-refractivity contribution in [1.82, 2.24) is 30.0 Å². The molecule has 36 heavy (non-hydrogen) atoms. The van der Waals surface area contributed by atoms with Gasteiger partial charge < -0.3 is 18.8 Å². The highest BCUT2D eigenvalue weighted by molar-refractivity contribution is 7.13. The molecular weight excluding hydrogens is 504 g/mol.